The highest BCUT2D eigenvalue weighted by Crippen LogP contribution is 2.26. The fourth-order valence-electron chi connectivity index (χ4n) is 3.37. The van der Waals surface area contributed by atoms with Gasteiger partial charge in [-0.15, -0.1) is 11.3 Å². The molecule has 31 heavy (non-hydrogen) atoms. The molecule has 0 aliphatic heterocycles. The molecular weight excluding hydrogens is 428 g/mol. The summed E-state index contributed by atoms with van der Waals surface area (Å²) < 4.78 is 29.7. The zero-order valence-corrected chi connectivity index (χ0v) is 18.7. The van der Waals surface area contributed by atoms with Crippen molar-refractivity contribution >= 4 is 38.5 Å². The minimum absolute atomic E-state index is 0.167. The Kier molecular flexibility index (Phi) is 6.15. The summed E-state index contributed by atoms with van der Waals surface area (Å²) >= 11 is 1.11. The van der Waals surface area contributed by atoms with Gasteiger partial charge in [-0.05, 0) is 48.1 Å². The maximum atomic E-state index is 13.0. The molecule has 158 valence electrons. The van der Waals surface area contributed by atoms with Gasteiger partial charge in [0.1, 0.15) is 4.21 Å². The van der Waals surface area contributed by atoms with Gasteiger partial charge in [-0.2, -0.15) is 12.8 Å². The Balaban J connectivity index is 1.69. The van der Waals surface area contributed by atoms with Crippen LogP contribution >= 0.6 is 11.3 Å². The van der Waals surface area contributed by atoms with Crippen LogP contribution in [0.3, 0.4) is 0 Å². The molecule has 0 atom stereocenters. The first-order valence-corrected chi connectivity index (χ1v) is 12.4. The molecule has 0 amide bonds. The number of carbonyl (C=O) groups excluding carboxylic acids is 1. The Morgan fingerprint density at radius 2 is 1.71 bits per heavy atom. The van der Waals surface area contributed by atoms with E-state index in [0.717, 1.165) is 36.3 Å². The fraction of sp³-hybridized carbons (Fsp3) is 0.167. The molecule has 3 aromatic rings. The highest BCUT2D eigenvalue weighted by Gasteiger charge is 2.26. The number of rotatable bonds is 7. The number of fused-ring (bicyclic) bond motifs is 1. The van der Waals surface area contributed by atoms with Gasteiger partial charge >= 0.3 is 0 Å². The van der Waals surface area contributed by atoms with E-state index in [0.29, 0.717) is 16.8 Å². The minimum Gasteiger partial charge on any atom is -0.352 e. The summed E-state index contributed by atoms with van der Waals surface area (Å²) in [6, 6.07) is 18.0. The summed E-state index contributed by atoms with van der Waals surface area (Å²) in [4.78, 5) is 13.0. The van der Waals surface area contributed by atoms with Crippen LogP contribution in [0.5, 0.6) is 0 Å². The van der Waals surface area contributed by atoms with Crippen molar-refractivity contribution in [2.24, 2.45) is 4.40 Å². The van der Waals surface area contributed by atoms with E-state index in [9.17, 15) is 13.2 Å². The van der Waals surface area contributed by atoms with Crippen LogP contribution in [0.1, 0.15) is 41.3 Å². The topological polar surface area (TPSA) is 75.6 Å². The normalized spacial score (nSPS) is 14.9. The Hall–Kier alpha value is -3.03. The van der Waals surface area contributed by atoms with Crippen LogP contribution < -0.4 is 5.32 Å². The maximum Gasteiger partial charge on any atom is 0.292 e. The molecule has 1 N–H and O–H groups in total. The van der Waals surface area contributed by atoms with Crippen molar-refractivity contribution in [1.29, 1.82) is 0 Å². The Morgan fingerprint density at radius 1 is 0.968 bits per heavy atom. The SMILES string of the molecule is CCCCc1ccc(NC2=C/C(=N/S(=O)(=O)c3cccs3)c3ccccc3C2=O)cc1. The average molecular weight is 451 g/mol. The first-order chi connectivity index (χ1) is 15.0. The van der Waals surface area contributed by atoms with Crippen molar-refractivity contribution in [3.63, 3.8) is 0 Å². The van der Waals surface area contributed by atoms with E-state index in [1.54, 1.807) is 35.7 Å². The molecule has 5 nitrogen and oxygen atoms in total. The number of aryl methyl sites for hydroxylation is 1. The molecule has 1 heterocycles. The number of benzene rings is 2. The largest absolute Gasteiger partial charge is 0.352 e. The third-order valence-electron chi connectivity index (χ3n) is 4.99. The Bertz CT molecular complexity index is 1260. The molecule has 1 aliphatic carbocycles. The van der Waals surface area contributed by atoms with E-state index in [2.05, 4.69) is 16.6 Å². The summed E-state index contributed by atoms with van der Waals surface area (Å²) in [6.45, 7) is 2.16. The maximum absolute atomic E-state index is 13.0. The number of allylic oxidation sites excluding steroid dienone is 2. The molecule has 7 heteroatoms. The van der Waals surface area contributed by atoms with E-state index >= 15 is 0 Å². The van der Waals surface area contributed by atoms with Crippen LogP contribution in [0.2, 0.25) is 0 Å². The fourth-order valence-corrected chi connectivity index (χ4v) is 5.34. The highest BCUT2D eigenvalue weighted by molar-refractivity contribution is 7.92. The molecule has 1 aromatic heterocycles. The summed E-state index contributed by atoms with van der Waals surface area (Å²) in [5.74, 6) is -0.196. The second kappa shape index (κ2) is 8.99. The molecule has 0 unspecified atom stereocenters. The molecule has 0 fully saturated rings. The van der Waals surface area contributed by atoms with Gasteiger partial charge in [0.05, 0.1) is 11.4 Å². The summed E-state index contributed by atoms with van der Waals surface area (Å²) in [5, 5.41) is 4.84. The standard InChI is InChI=1S/C24H22N2O3S2/c1-2-3-7-17-11-13-18(14-12-17)25-22-16-21(19-8-4-5-9-20(19)24(22)27)26-31(28,29)23-10-6-15-30-23/h4-6,8-16,25H,2-3,7H2,1H3/b26-21-. The van der Waals surface area contributed by atoms with Gasteiger partial charge in [0.15, 0.2) is 0 Å². The molecule has 4 rings (SSSR count). The quantitative estimate of drug-likeness (QED) is 0.518. The first-order valence-electron chi connectivity index (χ1n) is 10.1. The number of ketones is 1. The lowest BCUT2D eigenvalue weighted by Gasteiger charge is -2.19. The first kappa shape index (κ1) is 21.2. The second-order valence-corrected chi connectivity index (χ2v) is 10.0. The lowest BCUT2D eigenvalue weighted by molar-refractivity contribution is 0.103. The second-order valence-electron chi connectivity index (χ2n) is 7.24. The lowest BCUT2D eigenvalue weighted by atomic mass is 9.92. The van der Waals surface area contributed by atoms with Crippen molar-refractivity contribution < 1.29 is 13.2 Å². The molecule has 2 aromatic carbocycles. The number of hydrogen-bond acceptors (Lipinski definition) is 5. The number of nitrogens with one attached hydrogen (secondary N) is 1. The molecule has 0 saturated heterocycles. The number of nitrogens with zero attached hydrogens (tertiary/aromatic N) is 1. The molecule has 0 bridgehead atoms. The summed E-state index contributed by atoms with van der Waals surface area (Å²) in [6.07, 6.45) is 4.80. The summed E-state index contributed by atoms with van der Waals surface area (Å²) in [7, 11) is -3.86. The number of sulfonamides is 1. The van der Waals surface area contributed by atoms with Gasteiger partial charge in [0.25, 0.3) is 10.0 Å². The average Bonchev–Trinajstić information content (AvgIpc) is 3.32. The smallest absolute Gasteiger partial charge is 0.292 e. The van der Waals surface area contributed by atoms with E-state index in [1.807, 2.05) is 24.3 Å². The lowest BCUT2D eigenvalue weighted by Crippen LogP contribution is -2.22. The zero-order chi connectivity index (χ0) is 21.8. The number of thiophene rings is 1. The molecule has 0 saturated carbocycles. The van der Waals surface area contributed by atoms with E-state index in [4.69, 9.17) is 0 Å². The van der Waals surface area contributed by atoms with Gasteiger partial charge in [0, 0.05) is 16.8 Å². The Morgan fingerprint density at radius 3 is 2.39 bits per heavy atom. The predicted octanol–water partition coefficient (Wildman–Crippen LogP) is 5.46. The number of unbranched alkanes of at least 4 members (excludes halogenated alkanes) is 1. The molecular formula is C24H22N2O3S2. The van der Waals surface area contributed by atoms with Crippen LogP contribution in [-0.2, 0) is 16.4 Å². The third-order valence-corrected chi connectivity index (χ3v) is 7.66. The minimum atomic E-state index is -3.86. The van der Waals surface area contributed by atoms with Crippen molar-refractivity contribution in [3.05, 3.63) is 94.5 Å². The number of Topliss-reactive ketones (excluding diaryl/α,β-unsaturated/α-hetero) is 1. The van der Waals surface area contributed by atoms with Crippen LogP contribution in [0.25, 0.3) is 0 Å². The zero-order valence-electron chi connectivity index (χ0n) is 17.0. The molecule has 0 spiro atoms. The van der Waals surface area contributed by atoms with Crippen molar-refractivity contribution in [1.82, 2.24) is 0 Å². The third kappa shape index (κ3) is 4.68. The number of hydrogen-bond donors (Lipinski definition) is 1. The highest BCUT2D eigenvalue weighted by atomic mass is 32.2. The van der Waals surface area contributed by atoms with Gasteiger partial charge < -0.3 is 5.32 Å². The monoisotopic (exact) mass is 450 g/mol. The van der Waals surface area contributed by atoms with Crippen LogP contribution in [0.15, 0.2) is 86.4 Å². The van der Waals surface area contributed by atoms with E-state index in [1.165, 1.54) is 17.7 Å². The molecule has 1 aliphatic rings. The van der Waals surface area contributed by atoms with Gasteiger partial charge in [0.2, 0.25) is 5.78 Å². The number of anilines is 1. The predicted molar refractivity (Wildman–Crippen MR) is 126 cm³/mol. The van der Waals surface area contributed by atoms with Crippen LogP contribution in [0, 0.1) is 0 Å². The Labute approximate surface area is 186 Å². The van der Waals surface area contributed by atoms with Crippen LogP contribution in [0.4, 0.5) is 5.69 Å². The van der Waals surface area contributed by atoms with Crippen LogP contribution in [-0.4, -0.2) is 19.9 Å². The van der Waals surface area contributed by atoms with E-state index < -0.39 is 10.0 Å². The van der Waals surface area contributed by atoms with E-state index in [-0.39, 0.29) is 15.7 Å². The summed E-state index contributed by atoms with van der Waals surface area (Å²) in [5.41, 5.74) is 3.47. The van der Waals surface area contributed by atoms with Crippen molar-refractivity contribution in [2.75, 3.05) is 5.32 Å². The number of carbonyl (C=O) groups is 1. The van der Waals surface area contributed by atoms with Crippen molar-refractivity contribution in [2.45, 2.75) is 30.4 Å². The van der Waals surface area contributed by atoms with Crippen molar-refractivity contribution in [3.8, 4) is 0 Å². The molecule has 0 radical (unpaired) electrons. The van der Waals surface area contributed by atoms with Gasteiger partial charge in [-0.1, -0.05) is 55.8 Å². The van der Waals surface area contributed by atoms with Gasteiger partial charge in [-0.3, -0.25) is 4.79 Å². The van der Waals surface area contributed by atoms with Gasteiger partial charge in [-0.25, -0.2) is 0 Å².